The predicted octanol–water partition coefficient (Wildman–Crippen LogP) is 1.25. The summed E-state index contributed by atoms with van der Waals surface area (Å²) >= 11 is 0. The highest BCUT2D eigenvalue weighted by molar-refractivity contribution is 5.43. The molecule has 106 valence electrons. The highest BCUT2D eigenvalue weighted by atomic mass is 16.5. The number of ether oxygens (including phenoxy) is 1. The van der Waals surface area contributed by atoms with E-state index in [1.54, 1.807) is 7.11 Å². The molecule has 0 spiro atoms. The Labute approximate surface area is 114 Å². The Balaban J connectivity index is 1.55. The number of methoxy groups -OCH3 is 1. The summed E-state index contributed by atoms with van der Waals surface area (Å²) in [7, 11) is 1.73. The minimum Gasteiger partial charge on any atom is -0.383 e. The Kier molecular flexibility index (Phi) is 4.03. The molecule has 0 radical (unpaired) electrons. The van der Waals surface area contributed by atoms with Gasteiger partial charge in [-0.15, -0.1) is 0 Å². The summed E-state index contributed by atoms with van der Waals surface area (Å²) in [6.45, 7) is 3.81. The van der Waals surface area contributed by atoms with Gasteiger partial charge in [-0.05, 0) is 25.7 Å². The SMILES string of the molecule is COCCn1cc(N2CCCC(NC3CC3)C2)cn1. The second-order valence-electron chi connectivity index (χ2n) is 5.68. The maximum atomic E-state index is 5.08. The maximum Gasteiger partial charge on any atom is 0.0753 e. The number of nitrogens with zero attached hydrogens (tertiary/aromatic N) is 3. The number of anilines is 1. The normalized spacial score (nSPS) is 23.8. The lowest BCUT2D eigenvalue weighted by atomic mass is 10.1. The Bertz CT molecular complexity index is 402. The fourth-order valence-corrected chi connectivity index (χ4v) is 2.75. The number of hydrogen-bond acceptors (Lipinski definition) is 4. The zero-order valence-corrected chi connectivity index (χ0v) is 11.7. The van der Waals surface area contributed by atoms with Crippen LogP contribution in [-0.2, 0) is 11.3 Å². The molecule has 1 saturated heterocycles. The van der Waals surface area contributed by atoms with Crippen molar-refractivity contribution in [2.75, 3.05) is 31.7 Å². The van der Waals surface area contributed by atoms with Crippen LogP contribution in [0.25, 0.3) is 0 Å². The van der Waals surface area contributed by atoms with Crippen molar-refractivity contribution in [3.05, 3.63) is 12.4 Å². The largest absolute Gasteiger partial charge is 0.383 e. The molecule has 1 N–H and O–H groups in total. The van der Waals surface area contributed by atoms with Crippen LogP contribution in [0.1, 0.15) is 25.7 Å². The molecule has 2 heterocycles. The molecule has 1 atom stereocenters. The fourth-order valence-electron chi connectivity index (χ4n) is 2.75. The summed E-state index contributed by atoms with van der Waals surface area (Å²) in [5, 5.41) is 8.15. The van der Waals surface area contributed by atoms with Crippen LogP contribution in [0.2, 0.25) is 0 Å². The van der Waals surface area contributed by atoms with E-state index in [2.05, 4.69) is 21.5 Å². The van der Waals surface area contributed by atoms with E-state index in [4.69, 9.17) is 4.74 Å². The molecule has 5 heteroatoms. The second kappa shape index (κ2) is 5.92. The Morgan fingerprint density at radius 3 is 3.05 bits per heavy atom. The predicted molar refractivity (Wildman–Crippen MR) is 75.5 cm³/mol. The van der Waals surface area contributed by atoms with Crippen LogP contribution in [0.15, 0.2) is 12.4 Å². The van der Waals surface area contributed by atoms with Gasteiger partial charge < -0.3 is 15.0 Å². The topological polar surface area (TPSA) is 42.3 Å². The van der Waals surface area contributed by atoms with Crippen LogP contribution in [0.3, 0.4) is 0 Å². The van der Waals surface area contributed by atoms with E-state index in [0.29, 0.717) is 12.6 Å². The van der Waals surface area contributed by atoms with Gasteiger partial charge in [0.1, 0.15) is 0 Å². The van der Waals surface area contributed by atoms with Crippen LogP contribution in [0, 0.1) is 0 Å². The number of piperidine rings is 1. The fraction of sp³-hybridized carbons (Fsp3) is 0.786. The molecular weight excluding hydrogens is 240 g/mol. The molecule has 1 saturated carbocycles. The molecular formula is C14H24N4O. The van der Waals surface area contributed by atoms with E-state index < -0.39 is 0 Å². The number of rotatable bonds is 6. The molecule has 0 bridgehead atoms. The lowest BCUT2D eigenvalue weighted by molar-refractivity contribution is 0.183. The summed E-state index contributed by atoms with van der Waals surface area (Å²) in [5.74, 6) is 0. The monoisotopic (exact) mass is 264 g/mol. The first kappa shape index (κ1) is 12.9. The third kappa shape index (κ3) is 3.48. The van der Waals surface area contributed by atoms with Crippen molar-refractivity contribution in [3.63, 3.8) is 0 Å². The lowest BCUT2D eigenvalue weighted by Crippen LogP contribution is -2.46. The first-order chi connectivity index (χ1) is 9.35. The van der Waals surface area contributed by atoms with E-state index in [1.165, 1.54) is 31.4 Å². The minimum atomic E-state index is 0.656. The molecule has 5 nitrogen and oxygen atoms in total. The van der Waals surface area contributed by atoms with Gasteiger partial charge in [0.2, 0.25) is 0 Å². The van der Waals surface area contributed by atoms with Crippen molar-refractivity contribution in [1.82, 2.24) is 15.1 Å². The lowest BCUT2D eigenvalue weighted by Gasteiger charge is -2.34. The van der Waals surface area contributed by atoms with Gasteiger partial charge in [-0.1, -0.05) is 0 Å². The average Bonchev–Trinajstić information content (AvgIpc) is 3.11. The summed E-state index contributed by atoms with van der Waals surface area (Å²) in [5.41, 5.74) is 1.25. The minimum absolute atomic E-state index is 0.656. The first-order valence-electron chi connectivity index (χ1n) is 7.37. The zero-order valence-electron chi connectivity index (χ0n) is 11.7. The van der Waals surface area contributed by atoms with Crippen LogP contribution in [-0.4, -0.2) is 48.7 Å². The van der Waals surface area contributed by atoms with Crippen molar-refractivity contribution in [2.45, 2.75) is 44.3 Å². The first-order valence-corrected chi connectivity index (χ1v) is 7.37. The van der Waals surface area contributed by atoms with E-state index in [1.807, 2.05) is 10.9 Å². The number of nitrogens with one attached hydrogen (secondary N) is 1. The van der Waals surface area contributed by atoms with Gasteiger partial charge in [-0.3, -0.25) is 4.68 Å². The van der Waals surface area contributed by atoms with Crippen LogP contribution in [0.4, 0.5) is 5.69 Å². The van der Waals surface area contributed by atoms with Gasteiger partial charge in [0, 0.05) is 38.5 Å². The molecule has 2 fully saturated rings. The molecule has 1 aliphatic carbocycles. The van der Waals surface area contributed by atoms with E-state index in [-0.39, 0.29) is 0 Å². The molecule has 1 unspecified atom stereocenters. The summed E-state index contributed by atoms with van der Waals surface area (Å²) in [4.78, 5) is 2.46. The number of hydrogen-bond donors (Lipinski definition) is 1. The zero-order chi connectivity index (χ0) is 13.1. The third-order valence-electron chi connectivity index (χ3n) is 3.98. The molecule has 19 heavy (non-hydrogen) atoms. The Morgan fingerprint density at radius 1 is 1.37 bits per heavy atom. The van der Waals surface area contributed by atoms with Crippen molar-refractivity contribution in [1.29, 1.82) is 0 Å². The van der Waals surface area contributed by atoms with E-state index in [9.17, 15) is 0 Å². The number of aromatic nitrogens is 2. The van der Waals surface area contributed by atoms with Crippen LogP contribution in [0.5, 0.6) is 0 Å². The van der Waals surface area contributed by atoms with Crippen molar-refractivity contribution >= 4 is 5.69 Å². The third-order valence-corrected chi connectivity index (χ3v) is 3.98. The smallest absolute Gasteiger partial charge is 0.0753 e. The van der Waals surface area contributed by atoms with Gasteiger partial charge in [-0.25, -0.2) is 0 Å². The second-order valence-corrected chi connectivity index (χ2v) is 5.68. The van der Waals surface area contributed by atoms with Gasteiger partial charge in [0.25, 0.3) is 0 Å². The van der Waals surface area contributed by atoms with Gasteiger partial charge >= 0.3 is 0 Å². The quantitative estimate of drug-likeness (QED) is 0.840. The highest BCUT2D eigenvalue weighted by Crippen LogP contribution is 2.24. The molecule has 1 aliphatic heterocycles. The molecule has 0 aromatic carbocycles. The van der Waals surface area contributed by atoms with Crippen molar-refractivity contribution in [2.24, 2.45) is 0 Å². The standard InChI is InChI=1S/C14H24N4O/c1-19-8-7-18-11-14(9-15-18)17-6-2-3-13(10-17)16-12-4-5-12/h9,11-13,16H,2-8,10H2,1H3. The van der Waals surface area contributed by atoms with Crippen LogP contribution >= 0.6 is 0 Å². The summed E-state index contributed by atoms with van der Waals surface area (Å²) in [6, 6.07) is 1.46. The molecule has 1 aromatic rings. The summed E-state index contributed by atoms with van der Waals surface area (Å²) < 4.78 is 7.05. The van der Waals surface area contributed by atoms with Gasteiger partial charge in [0.05, 0.1) is 25.0 Å². The highest BCUT2D eigenvalue weighted by Gasteiger charge is 2.27. The Hall–Kier alpha value is -1.07. The van der Waals surface area contributed by atoms with Gasteiger partial charge in [0.15, 0.2) is 0 Å². The van der Waals surface area contributed by atoms with E-state index in [0.717, 1.165) is 25.7 Å². The Morgan fingerprint density at radius 2 is 2.26 bits per heavy atom. The average molecular weight is 264 g/mol. The van der Waals surface area contributed by atoms with Gasteiger partial charge in [-0.2, -0.15) is 5.10 Å². The molecule has 2 aliphatic rings. The van der Waals surface area contributed by atoms with E-state index >= 15 is 0 Å². The summed E-state index contributed by atoms with van der Waals surface area (Å²) in [6.07, 6.45) is 9.43. The molecule has 1 aromatic heterocycles. The van der Waals surface area contributed by atoms with Crippen molar-refractivity contribution < 1.29 is 4.74 Å². The van der Waals surface area contributed by atoms with Crippen molar-refractivity contribution in [3.8, 4) is 0 Å². The van der Waals surface area contributed by atoms with Crippen LogP contribution < -0.4 is 10.2 Å². The maximum absolute atomic E-state index is 5.08. The molecule has 0 amide bonds. The molecule has 3 rings (SSSR count).